The smallest absolute Gasteiger partial charge is 0.475 e. The molecule has 0 aromatic rings. The number of carbonyl (C=O) groups is 2. The minimum Gasteiger partial charge on any atom is -0.475 e. The Morgan fingerprint density at radius 2 is 1.88 bits per heavy atom. The van der Waals surface area contributed by atoms with Crippen LogP contribution in [0.3, 0.4) is 0 Å². The number of hydrogen-bond acceptors (Lipinski definition) is 4. The quantitative estimate of drug-likeness (QED) is 0.762. The van der Waals surface area contributed by atoms with E-state index in [1.807, 2.05) is 0 Å². The number of rotatable bonds is 5. The highest BCUT2D eigenvalue weighted by Crippen LogP contribution is 2.35. The molecule has 6 nitrogen and oxygen atoms in total. The summed E-state index contributed by atoms with van der Waals surface area (Å²) in [5.74, 6) is -1.04. The number of fused-ring (bicyclic) bond motifs is 2. The molecule has 1 amide bonds. The van der Waals surface area contributed by atoms with Gasteiger partial charge in [0.05, 0.1) is 18.1 Å². The van der Waals surface area contributed by atoms with Crippen LogP contribution < -0.4 is 5.32 Å². The Morgan fingerprint density at radius 3 is 2.38 bits per heavy atom. The van der Waals surface area contributed by atoms with Gasteiger partial charge in [-0.1, -0.05) is 13.8 Å². The van der Waals surface area contributed by atoms with Crippen LogP contribution in [0.15, 0.2) is 0 Å². The molecular weight excluding hydrogens is 353 g/mol. The molecule has 0 aromatic carbocycles. The van der Waals surface area contributed by atoms with Crippen molar-refractivity contribution in [3.05, 3.63) is 0 Å². The van der Waals surface area contributed by atoms with E-state index in [0.29, 0.717) is 5.92 Å². The number of hydrogen-bond donors (Lipinski definition) is 2. The number of nitrogens with zero attached hydrogens (tertiary/aromatic N) is 1. The van der Waals surface area contributed by atoms with Gasteiger partial charge in [-0.25, -0.2) is 4.79 Å². The van der Waals surface area contributed by atoms with Crippen LogP contribution in [0.4, 0.5) is 13.2 Å². The number of carboxylic acids is 1. The lowest BCUT2D eigenvalue weighted by Crippen LogP contribution is -2.46. The third kappa shape index (κ3) is 6.42. The van der Waals surface area contributed by atoms with Crippen LogP contribution in [-0.2, 0) is 14.3 Å². The number of likely N-dealkylation sites (tertiary alicyclic amines) is 1. The molecule has 3 rings (SSSR count). The first-order valence-electron chi connectivity index (χ1n) is 9.02. The molecular formula is C17H27F3N2O4. The molecule has 1 aliphatic carbocycles. The zero-order valence-corrected chi connectivity index (χ0v) is 15.1. The fraction of sp³-hybridized carbons (Fsp3) is 0.882. The molecule has 0 unspecified atom stereocenters. The number of carbonyl (C=O) groups excluding carboxylic acids is 1. The van der Waals surface area contributed by atoms with Gasteiger partial charge in [0.1, 0.15) is 0 Å². The average Bonchev–Trinajstić information content (AvgIpc) is 3.28. The molecule has 150 valence electrons. The van der Waals surface area contributed by atoms with E-state index in [4.69, 9.17) is 14.6 Å². The van der Waals surface area contributed by atoms with E-state index in [2.05, 4.69) is 24.1 Å². The molecule has 0 aromatic heterocycles. The standard InChI is InChI=1S/C15H26N2O2.C2HF3O2/c1-10(2)6-16-15(18)13-5-12-8-17(7-11-3-4-11)9-14(13)19-12;3-2(4,5)1(6)7/h10-14H,3-9H2,1-2H3,(H,16,18);(H,6,7)/t12-,13+,14-;/m1./s1. The highest BCUT2D eigenvalue weighted by Gasteiger charge is 2.45. The molecule has 2 heterocycles. The first kappa shape index (κ1) is 21.0. The monoisotopic (exact) mass is 380 g/mol. The highest BCUT2D eigenvalue weighted by atomic mass is 19.4. The average molecular weight is 380 g/mol. The number of alkyl halides is 3. The Labute approximate surface area is 151 Å². The van der Waals surface area contributed by atoms with Crippen LogP contribution in [0.25, 0.3) is 0 Å². The van der Waals surface area contributed by atoms with E-state index in [1.54, 1.807) is 0 Å². The molecule has 2 bridgehead atoms. The second kappa shape index (κ2) is 8.56. The molecule has 2 saturated heterocycles. The van der Waals surface area contributed by atoms with E-state index < -0.39 is 12.1 Å². The van der Waals surface area contributed by atoms with Crippen molar-refractivity contribution in [2.75, 3.05) is 26.2 Å². The summed E-state index contributed by atoms with van der Waals surface area (Å²) >= 11 is 0. The van der Waals surface area contributed by atoms with Gasteiger partial charge in [0.15, 0.2) is 0 Å². The van der Waals surface area contributed by atoms with Crippen LogP contribution in [0.1, 0.15) is 33.1 Å². The summed E-state index contributed by atoms with van der Waals surface area (Å²) in [5, 5.41) is 10.2. The minimum absolute atomic E-state index is 0.0768. The first-order chi connectivity index (χ1) is 12.1. The molecule has 2 aliphatic heterocycles. The molecule has 0 spiro atoms. The summed E-state index contributed by atoms with van der Waals surface area (Å²) < 4.78 is 37.7. The number of amides is 1. The Bertz CT molecular complexity index is 509. The second-order valence-corrected chi connectivity index (χ2v) is 7.74. The highest BCUT2D eigenvalue weighted by molar-refractivity contribution is 5.79. The zero-order chi connectivity index (χ0) is 19.5. The van der Waals surface area contributed by atoms with Crippen LogP contribution in [0.2, 0.25) is 0 Å². The summed E-state index contributed by atoms with van der Waals surface area (Å²) in [6.45, 7) is 8.23. The molecule has 3 fully saturated rings. The van der Waals surface area contributed by atoms with E-state index in [9.17, 15) is 18.0 Å². The van der Waals surface area contributed by atoms with E-state index in [0.717, 1.165) is 32.0 Å². The largest absolute Gasteiger partial charge is 0.490 e. The van der Waals surface area contributed by atoms with Crippen LogP contribution in [-0.4, -0.2) is 66.4 Å². The number of halogens is 3. The number of nitrogens with one attached hydrogen (secondary N) is 1. The molecule has 3 atom stereocenters. The summed E-state index contributed by atoms with van der Waals surface area (Å²) in [7, 11) is 0. The third-order valence-corrected chi connectivity index (χ3v) is 4.71. The van der Waals surface area contributed by atoms with Crippen LogP contribution >= 0.6 is 0 Å². The SMILES string of the molecule is CC(C)CNC(=O)[C@H]1C[C@@H]2CN(CC3CC3)C[C@H]1O2.O=C(O)C(F)(F)F. The van der Waals surface area contributed by atoms with Crippen molar-refractivity contribution in [3.63, 3.8) is 0 Å². The third-order valence-electron chi connectivity index (χ3n) is 4.71. The fourth-order valence-electron chi connectivity index (χ4n) is 3.26. The van der Waals surface area contributed by atoms with Gasteiger partial charge in [0.25, 0.3) is 0 Å². The lowest BCUT2D eigenvalue weighted by molar-refractivity contribution is -0.192. The van der Waals surface area contributed by atoms with Crippen LogP contribution in [0, 0.1) is 17.8 Å². The second-order valence-electron chi connectivity index (χ2n) is 7.74. The fourth-order valence-corrected chi connectivity index (χ4v) is 3.26. The number of morpholine rings is 1. The maximum atomic E-state index is 12.2. The first-order valence-corrected chi connectivity index (χ1v) is 9.02. The van der Waals surface area contributed by atoms with Crippen molar-refractivity contribution in [3.8, 4) is 0 Å². The molecule has 0 radical (unpaired) electrons. The summed E-state index contributed by atoms with van der Waals surface area (Å²) in [5.41, 5.74) is 0. The summed E-state index contributed by atoms with van der Waals surface area (Å²) in [4.78, 5) is 23.6. The van der Waals surface area contributed by atoms with Gasteiger partial charge in [-0.05, 0) is 31.1 Å². The predicted molar refractivity (Wildman–Crippen MR) is 87.5 cm³/mol. The normalized spacial score (nSPS) is 28.5. The van der Waals surface area contributed by atoms with Crippen molar-refractivity contribution < 1.29 is 32.6 Å². The molecule has 9 heteroatoms. The molecule has 1 saturated carbocycles. The Kier molecular flexibility index (Phi) is 6.90. The summed E-state index contributed by atoms with van der Waals surface area (Å²) in [6.07, 6.45) is -0.969. The van der Waals surface area contributed by atoms with E-state index >= 15 is 0 Å². The van der Waals surface area contributed by atoms with E-state index in [-0.39, 0.29) is 24.0 Å². The van der Waals surface area contributed by atoms with Crippen LogP contribution in [0.5, 0.6) is 0 Å². The topological polar surface area (TPSA) is 78.9 Å². The lowest BCUT2D eigenvalue weighted by atomic mass is 9.99. The van der Waals surface area contributed by atoms with Crippen molar-refractivity contribution in [1.82, 2.24) is 10.2 Å². The van der Waals surface area contributed by atoms with Gasteiger partial charge in [0, 0.05) is 26.2 Å². The maximum absolute atomic E-state index is 12.2. The number of ether oxygens (including phenoxy) is 1. The number of aliphatic carboxylic acids is 1. The molecule has 2 N–H and O–H groups in total. The maximum Gasteiger partial charge on any atom is 0.490 e. The Hall–Kier alpha value is -1.35. The van der Waals surface area contributed by atoms with Crippen molar-refractivity contribution in [2.45, 2.75) is 51.5 Å². The zero-order valence-electron chi connectivity index (χ0n) is 15.1. The van der Waals surface area contributed by atoms with Crippen molar-refractivity contribution >= 4 is 11.9 Å². The van der Waals surface area contributed by atoms with Gasteiger partial charge in [0.2, 0.25) is 5.91 Å². The number of carboxylic acid groups (broad SMARTS) is 1. The lowest BCUT2D eigenvalue weighted by Gasteiger charge is -2.32. The van der Waals surface area contributed by atoms with Gasteiger partial charge in [-0.3, -0.25) is 9.69 Å². The van der Waals surface area contributed by atoms with Crippen molar-refractivity contribution in [2.24, 2.45) is 17.8 Å². The van der Waals surface area contributed by atoms with Crippen molar-refractivity contribution in [1.29, 1.82) is 0 Å². The van der Waals surface area contributed by atoms with Gasteiger partial charge in [-0.15, -0.1) is 0 Å². The van der Waals surface area contributed by atoms with Gasteiger partial charge >= 0.3 is 12.1 Å². The van der Waals surface area contributed by atoms with Gasteiger partial charge in [-0.2, -0.15) is 13.2 Å². The molecule has 26 heavy (non-hydrogen) atoms. The minimum atomic E-state index is -5.08. The van der Waals surface area contributed by atoms with E-state index in [1.165, 1.54) is 19.4 Å². The molecule has 3 aliphatic rings. The predicted octanol–water partition coefficient (Wildman–Crippen LogP) is 1.89. The summed E-state index contributed by atoms with van der Waals surface area (Å²) in [6, 6.07) is 0. The Balaban J connectivity index is 0.000000298. The Morgan fingerprint density at radius 1 is 1.27 bits per heavy atom. The van der Waals surface area contributed by atoms with Gasteiger partial charge < -0.3 is 15.2 Å².